The van der Waals surface area contributed by atoms with Gasteiger partial charge in [-0.2, -0.15) is 13.2 Å². The van der Waals surface area contributed by atoms with Crippen LogP contribution in [0.4, 0.5) is 24.0 Å². The minimum absolute atomic E-state index is 0.116. The molecule has 2 heterocycles. The maximum atomic E-state index is 13.2. The molecule has 7 nitrogen and oxygen atoms in total. The van der Waals surface area contributed by atoms with Gasteiger partial charge >= 0.3 is 6.18 Å². The van der Waals surface area contributed by atoms with E-state index < -0.39 is 22.6 Å². The number of carbonyl (C=O) groups is 1. The topological polar surface area (TPSA) is 90.1 Å². The first-order chi connectivity index (χ1) is 17.0. The first kappa shape index (κ1) is 24.9. The fourth-order valence-electron chi connectivity index (χ4n) is 3.80. The van der Waals surface area contributed by atoms with Crippen molar-refractivity contribution in [3.05, 3.63) is 98.7 Å². The van der Waals surface area contributed by atoms with Crippen LogP contribution in [-0.4, -0.2) is 20.4 Å². The maximum Gasteiger partial charge on any atom is 0.416 e. The number of rotatable bonds is 6. The first-order valence-corrected chi connectivity index (χ1v) is 11.5. The highest BCUT2D eigenvalue weighted by Gasteiger charge is 2.30. The van der Waals surface area contributed by atoms with E-state index >= 15 is 0 Å². The zero-order valence-electron chi connectivity index (χ0n) is 19.0. The van der Waals surface area contributed by atoms with Crippen molar-refractivity contribution in [2.75, 3.05) is 5.32 Å². The summed E-state index contributed by atoms with van der Waals surface area (Å²) in [5.41, 5.74) is 2.53. The largest absolute Gasteiger partial charge is 0.416 e. The highest BCUT2D eigenvalue weighted by Crippen LogP contribution is 2.34. The molecule has 1 N–H and O–H groups in total. The summed E-state index contributed by atoms with van der Waals surface area (Å²) in [4.78, 5) is 27.4. The minimum atomic E-state index is -4.45. The maximum absolute atomic E-state index is 13.2. The molecule has 1 amide bonds. The number of alkyl halides is 3. The molecule has 2 aromatic heterocycles. The molecule has 0 aliphatic carbocycles. The van der Waals surface area contributed by atoms with Crippen LogP contribution < -0.4 is 5.32 Å². The average molecular weight is 513 g/mol. The Morgan fingerprint density at radius 2 is 1.89 bits per heavy atom. The summed E-state index contributed by atoms with van der Waals surface area (Å²) in [6, 6.07) is 13.0. The van der Waals surface area contributed by atoms with Crippen LogP contribution in [0.15, 0.2) is 66.1 Å². The van der Waals surface area contributed by atoms with Crippen molar-refractivity contribution in [3.63, 3.8) is 0 Å². The molecule has 184 valence electrons. The van der Waals surface area contributed by atoms with Gasteiger partial charge in [0.2, 0.25) is 5.91 Å². The lowest BCUT2D eigenvalue weighted by Gasteiger charge is -2.13. The predicted octanol–water partition coefficient (Wildman–Crippen LogP) is 6.80. The van der Waals surface area contributed by atoms with E-state index in [0.29, 0.717) is 27.8 Å². The average Bonchev–Trinajstić information content (AvgIpc) is 3.40. The highest BCUT2D eigenvalue weighted by atomic mass is 32.1. The molecular weight excluding hydrogens is 493 g/mol. The fourth-order valence-corrected chi connectivity index (χ4v) is 4.52. The van der Waals surface area contributed by atoms with E-state index in [4.69, 9.17) is 0 Å². The number of nitro benzene ring substituents is 1. The smallest absolute Gasteiger partial charge is 0.318 e. The third-order valence-electron chi connectivity index (χ3n) is 5.42. The van der Waals surface area contributed by atoms with E-state index in [1.807, 2.05) is 6.07 Å². The van der Waals surface area contributed by atoms with Gasteiger partial charge in [-0.15, -0.1) is 11.3 Å². The van der Waals surface area contributed by atoms with E-state index in [1.165, 1.54) is 47.8 Å². The third kappa shape index (κ3) is 5.20. The van der Waals surface area contributed by atoms with Crippen molar-refractivity contribution in [1.29, 1.82) is 0 Å². The monoisotopic (exact) mass is 512 g/mol. The Morgan fingerprint density at radius 1 is 1.14 bits per heavy atom. The number of benzene rings is 2. The molecule has 0 atom stereocenters. The van der Waals surface area contributed by atoms with Gasteiger partial charge in [0, 0.05) is 40.2 Å². The lowest BCUT2D eigenvalue weighted by molar-refractivity contribution is -0.385. The number of amides is 1. The van der Waals surface area contributed by atoms with Crippen molar-refractivity contribution < 1.29 is 22.9 Å². The Labute approximate surface area is 207 Å². The molecule has 0 aliphatic rings. The lowest BCUT2D eigenvalue weighted by Crippen LogP contribution is -2.07. The van der Waals surface area contributed by atoms with Crippen molar-refractivity contribution in [1.82, 2.24) is 9.55 Å². The van der Waals surface area contributed by atoms with Crippen molar-refractivity contribution in [2.24, 2.45) is 0 Å². The minimum Gasteiger partial charge on any atom is -0.318 e. The number of nitrogens with zero attached hydrogens (tertiary/aromatic N) is 3. The lowest BCUT2D eigenvalue weighted by atomic mass is 10.1. The van der Waals surface area contributed by atoms with Crippen LogP contribution in [0.3, 0.4) is 0 Å². The Bertz CT molecular complexity index is 1490. The molecule has 0 unspecified atom stereocenters. The predicted molar refractivity (Wildman–Crippen MR) is 132 cm³/mol. The molecule has 4 rings (SSSR count). The number of nitro groups is 1. The molecule has 36 heavy (non-hydrogen) atoms. The molecule has 2 aromatic carbocycles. The van der Waals surface area contributed by atoms with Gasteiger partial charge in [0.15, 0.2) is 5.13 Å². The second-order valence-electron chi connectivity index (χ2n) is 7.84. The normalized spacial score (nSPS) is 11.7. The van der Waals surface area contributed by atoms with Gasteiger partial charge in [-0.25, -0.2) is 4.98 Å². The molecule has 4 aromatic rings. The second-order valence-corrected chi connectivity index (χ2v) is 8.70. The molecule has 0 fully saturated rings. The Morgan fingerprint density at radius 3 is 2.61 bits per heavy atom. The number of para-hydroxylation sites is 1. The van der Waals surface area contributed by atoms with Crippen LogP contribution in [0, 0.1) is 24.0 Å². The third-order valence-corrected chi connectivity index (χ3v) is 6.18. The Balaban J connectivity index is 1.55. The number of thiazole rings is 1. The number of nitrogens with one attached hydrogen (secondary N) is 1. The van der Waals surface area contributed by atoms with E-state index in [9.17, 15) is 28.1 Å². The van der Waals surface area contributed by atoms with Gasteiger partial charge in [0.1, 0.15) is 0 Å². The molecule has 0 bridgehead atoms. The quantitative estimate of drug-likeness (QED) is 0.175. The molecule has 0 spiro atoms. The van der Waals surface area contributed by atoms with E-state index in [-0.39, 0.29) is 5.69 Å². The number of aromatic nitrogens is 2. The summed E-state index contributed by atoms with van der Waals surface area (Å²) in [7, 11) is 0. The van der Waals surface area contributed by atoms with E-state index in [2.05, 4.69) is 10.3 Å². The summed E-state index contributed by atoms with van der Waals surface area (Å²) in [5.74, 6) is -0.511. The summed E-state index contributed by atoms with van der Waals surface area (Å²) in [5, 5.41) is 15.8. The SMILES string of the molecule is Cc1cc(-c2csc(NC(=O)/C=C/c3ccccc3[N+](=O)[O-])n2)c(C)n1-c1cccc(C(F)(F)F)c1. The number of carbonyl (C=O) groups excluding carboxylic acids is 1. The van der Waals surface area contributed by atoms with Crippen molar-refractivity contribution >= 4 is 34.1 Å². The molecular formula is C25H19F3N4O3S. The zero-order valence-corrected chi connectivity index (χ0v) is 19.9. The summed E-state index contributed by atoms with van der Waals surface area (Å²) in [6.45, 7) is 3.58. The second kappa shape index (κ2) is 9.78. The van der Waals surface area contributed by atoms with Crippen LogP contribution >= 0.6 is 11.3 Å². The van der Waals surface area contributed by atoms with Crippen LogP contribution in [0.2, 0.25) is 0 Å². The van der Waals surface area contributed by atoms with E-state index in [1.54, 1.807) is 35.9 Å². The summed E-state index contributed by atoms with van der Waals surface area (Å²) < 4.78 is 41.3. The molecule has 0 radical (unpaired) electrons. The molecule has 0 saturated heterocycles. The summed E-state index contributed by atoms with van der Waals surface area (Å²) >= 11 is 1.18. The van der Waals surface area contributed by atoms with Gasteiger partial charge in [-0.3, -0.25) is 20.2 Å². The molecule has 11 heteroatoms. The van der Waals surface area contributed by atoms with Crippen LogP contribution in [0.1, 0.15) is 22.5 Å². The number of hydrogen-bond acceptors (Lipinski definition) is 5. The van der Waals surface area contributed by atoms with Crippen molar-refractivity contribution in [2.45, 2.75) is 20.0 Å². The number of aryl methyl sites for hydroxylation is 1. The van der Waals surface area contributed by atoms with Crippen LogP contribution in [0.5, 0.6) is 0 Å². The zero-order chi connectivity index (χ0) is 26.0. The van der Waals surface area contributed by atoms with Crippen LogP contribution in [0.25, 0.3) is 23.0 Å². The van der Waals surface area contributed by atoms with Gasteiger partial charge in [-0.05, 0) is 50.3 Å². The molecule has 0 saturated carbocycles. The fraction of sp³-hybridized carbons (Fsp3) is 0.120. The van der Waals surface area contributed by atoms with Gasteiger partial charge in [0.05, 0.1) is 21.7 Å². The van der Waals surface area contributed by atoms with Crippen molar-refractivity contribution in [3.8, 4) is 16.9 Å². The van der Waals surface area contributed by atoms with Gasteiger partial charge < -0.3 is 4.57 Å². The van der Waals surface area contributed by atoms with E-state index in [0.717, 1.165) is 23.4 Å². The van der Waals surface area contributed by atoms with Crippen LogP contribution in [-0.2, 0) is 11.0 Å². The Hall–Kier alpha value is -4.25. The summed E-state index contributed by atoms with van der Waals surface area (Å²) in [6.07, 6.45) is -1.91. The first-order valence-electron chi connectivity index (χ1n) is 10.6. The molecule has 0 aliphatic heterocycles. The highest BCUT2D eigenvalue weighted by molar-refractivity contribution is 7.14. The van der Waals surface area contributed by atoms with Gasteiger partial charge in [0.25, 0.3) is 5.69 Å². The number of hydrogen-bond donors (Lipinski definition) is 1. The standard InChI is InChI=1S/C25H19F3N4O3S/c1-15-12-20(16(2)31(15)19-8-5-7-18(13-19)25(26,27)28)21-14-36-24(29-21)30-23(33)11-10-17-6-3-4-9-22(17)32(34)35/h3-14H,1-2H3,(H,29,30,33)/b11-10+. The Kier molecular flexibility index (Phi) is 6.75. The number of halogens is 3. The van der Waals surface area contributed by atoms with Gasteiger partial charge in [-0.1, -0.05) is 18.2 Å². The number of anilines is 1.